The van der Waals surface area contributed by atoms with Gasteiger partial charge < -0.3 is 9.15 Å². The Morgan fingerprint density at radius 2 is 2.15 bits per heavy atom. The highest BCUT2D eigenvalue weighted by atomic mass is 32.2. The molecular weight excluding hydrogens is 296 g/mol. The number of rotatable bonds is 4. The summed E-state index contributed by atoms with van der Waals surface area (Å²) in [6.45, 7) is 6.07. The molecule has 0 N–H and O–H groups in total. The van der Waals surface area contributed by atoms with Crippen LogP contribution in [-0.2, 0) is 15.9 Å². The number of carbonyl (C=O) groups excluding carboxylic acids is 1. The maximum Gasteiger partial charge on any atom is 0.348 e. The molecule has 0 saturated carbocycles. The quantitative estimate of drug-likeness (QED) is 0.636. The van der Waals surface area contributed by atoms with E-state index < -0.39 is 0 Å². The van der Waals surface area contributed by atoms with Gasteiger partial charge in [0.2, 0.25) is 5.89 Å². The average molecular weight is 312 g/mol. The lowest BCUT2D eigenvalue weighted by atomic mass is 9.97. The summed E-state index contributed by atoms with van der Waals surface area (Å²) in [5, 5.41) is 8.60. The number of nitrogens with zero attached hydrogens (tertiary/aromatic N) is 2. The largest absolute Gasteiger partial charge is 0.465 e. The number of aromatic nitrogens is 2. The van der Waals surface area contributed by atoms with Crippen molar-refractivity contribution < 1.29 is 13.9 Å². The summed E-state index contributed by atoms with van der Waals surface area (Å²) in [4.78, 5) is 13.0. The third-order valence-corrected chi connectivity index (χ3v) is 4.55. The Morgan fingerprint density at radius 1 is 1.40 bits per heavy atom. The van der Waals surface area contributed by atoms with Crippen molar-refractivity contribution in [1.82, 2.24) is 10.2 Å². The zero-order valence-electron chi connectivity index (χ0n) is 11.8. The van der Waals surface area contributed by atoms with Crippen LogP contribution in [0.4, 0.5) is 0 Å². The summed E-state index contributed by atoms with van der Waals surface area (Å²) in [7, 11) is 1.38. The smallest absolute Gasteiger partial charge is 0.348 e. The molecule has 0 aliphatic heterocycles. The molecule has 0 radical (unpaired) electrons. The van der Waals surface area contributed by atoms with E-state index in [4.69, 9.17) is 4.42 Å². The van der Waals surface area contributed by atoms with Gasteiger partial charge in [0.05, 0.1) is 7.11 Å². The zero-order chi connectivity index (χ0) is 14.8. The van der Waals surface area contributed by atoms with Crippen LogP contribution >= 0.6 is 23.1 Å². The summed E-state index contributed by atoms with van der Waals surface area (Å²) in [6.07, 6.45) is 0. The molecule has 0 aliphatic carbocycles. The summed E-state index contributed by atoms with van der Waals surface area (Å²) < 4.78 is 10.3. The maximum atomic E-state index is 11.4. The standard InChI is InChI=1S/C13H16N2O3S2/c1-13(2,3)11-14-15-12(18-11)19-7-8-5-6-9(20-8)10(16)17-4/h5-6H,7H2,1-4H3. The van der Waals surface area contributed by atoms with Crippen molar-refractivity contribution in [3.05, 3.63) is 27.8 Å². The molecule has 0 bridgehead atoms. The Bertz CT molecular complexity index is 599. The van der Waals surface area contributed by atoms with Crippen LogP contribution in [0.3, 0.4) is 0 Å². The Labute approximate surface area is 125 Å². The van der Waals surface area contributed by atoms with Crippen molar-refractivity contribution in [3.8, 4) is 0 Å². The molecule has 0 amide bonds. The number of esters is 1. The van der Waals surface area contributed by atoms with Gasteiger partial charge in [-0.25, -0.2) is 4.79 Å². The molecule has 0 aromatic carbocycles. The van der Waals surface area contributed by atoms with E-state index in [2.05, 4.69) is 14.9 Å². The van der Waals surface area contributed by atoms with Crippen molar-refractivity contribution in [3.63, 3.8) is 0 Å². The van der Waals surface area contributed by atoms with Crippen molar-refractivity contribution in [2.24, 2.45) is 0 Å². The van der Waals surface area contributed by atoms with Gasteiger partial charge in [-0.2, -0.15) is 0 Å². The molecule has 108 valence electrons. The third-order valence-electron chi connectivity index (χ3n) is 2.43. The third kappa shape index (κ3) is 3.61. The van der Waals surface area contributed by atoms with Gasteiger partial charge in [0.1, 0.15) is 4.88 Å². The normalized spacial score (nSPS) is 11.6. The van der Waals surface area contributed by atoms with Crippen molar-refractivity contribution in [1.29, 1.82) is 0 Å². The number of thioether (sulfide) groups is 1. The monoisotopic (exact) mass is 312 g/mol. The minimum absolute atomic E-state index is 0.146. The molecule has 2 aromatic rings. The first-order chi connectivity index (χ1) is 9.40. The number of thiophene rings is 1. The van der Waals surface area contributed by atoms with Crippen molar-refractivity contribution in [2.45, 2.75) is 37.2 Å². The number of hydrogen-bond donors (Lipinski definition) is 0. The Morgan fingerprint density at radius 3 is 2.75 bits per heavy atom. The second-order valence-corrected chi connectivity index (χ2v) is 7.26. The van der Waals surface area contributed by atoms with Crippen LogP contribution in [0.15, 0.2) is 21.8 Å². The predicted molar refractivity (Wildman–Crippen MR) is 78.2 cm³/mol. The molecule has 5 nitrogen and oxygen atoms in total. The van der Waals surface area contributed by atoms with E-state index in [9.17, 15) is 4.79 Å². The van der Waals surface area contributed by atoms with E-state index in [1.807, 2.05) is 26.8 Å². The van der Waals surface area contributed by atoms with Crippen LogP contribution < -0.4 is 0 Å². The van der Waals surface area contributed by atoms with Gasteiger partial charge in [-0.05, 0) is 12.1 Å². The minimum atomic E-state index is -0.306. The van der Waals surface area contributed by atoms with Crippen LogP contribution in [-0.4, -0.2) is 23.3 Å². The number of hydrogen-bond acceptors (Lipinski definition) is 7. The van der Waals surface area contributed by atoms with E-state index in [1.165, 1.54) is 30.2 Å². The van der Waals surface area contributed by atoms with E-state index in [0.29, 0.717) is 21.7 Å². The fourth-order valence-corrected chi connectivity index (χ4v) is 3.10. The summed E-state index contributed by atoms with van der Waals surface area (Å²) in [5.41, 5.74) is -0.146. The molecule has 0 spiro atoms. The number of methoxy groups -OCH3 is 1. The van der Waals surface area contributed by atoms with Crippen molar-refractivity contribution in [2.75, 3.05) is 7.11 Å². The topological polar surface area (TPSA) is 65.2 Å². The molecule has 2 rings (SSSR count). The molecule has 0 saturated heterocycles. The summed E-state index contributed by atoms with van der Waals surface area (Å²) in [6, 6.07) is 3.67. The highest BCUT2D eigenvalue weighted by Crippen LogP contribution is 2.29. The van der Waals surface area contributed by atoms with E-state index in [-0.39, 0.29) is 11.4 Å². The van der Waals surface area contributed by atoms with Gasteiger partial charge in [-0.3, -0.25) is 0 Å². The summed E-state index contributed by atoms with van der Waals surface area (Å²) >= 11 is 2.87. The summed E-state index contributed by atoms with van der Waals surface area (Å²) in [5.74, 6) is 1.01. The highest BCUT2D eigenvalue weighted by Gasteiger charge is 2.21. The second kappa shape index (κ2) is 5.97. The Kier molecular flexibility index (Phi) is 4.49. The molecule has 2 heterocycles. The average Bonchev–Trinajstić information content (AvgIpc) is 3.03. The lowest BCUT2D eigenvalue weighted by molar-refractivity contribution is 0.0606. The van der Waals surface area contributed by atoms with E-state index in [1.54, 1.807) is 6.07 Å². The maximum absolute atomic E-state index is 11.4. The fraction of sp³-hybridized carbons (Fsp3) is 0.462. The predicted octanol–water partition coefficient (Wildman–Crippen LogP) is 3.51. The number of carbonyl (C=O) groups is 1. The lowest BCUT2D eigenvalue weighted by Crippen LogP contribution is -2.11. The van der Waals surface area contributed by atoms with Gasteiger partial charge in [0.25, 0.3) is 5.22 Å². The van der Waals surface area contributed by atoms with Crippen LogP contribution in [0.5, 0.6) is 0 Å². The van der Waals surface area contributed by atoms with Crippen LogP contribution in [0.2, 0.25) is 0 Å². The highest BCUT2D eigenvalue weighted by molar-refractivity contribution is 7.98. The molecule has 0 atom stereocenters. The number of ether oxygens (including phenoxy) is 1. The molecule has 0 fully saturated rings. The van der Waals surface area contributed by atoms with Crippen LogP contribution in [0.1, 0.15) is 41.2 Å². The van der Waals surface area contributed by atoms with Crippen LogP contribution in [0.25, 0.3) is 0 Å². The van der Waals surface area contributed by atoms with E-state index >= 15 is 0 Å². The first-order valence-corrected chi connectivity index (χ1v) is 7.84. The molecule has 2 aromatic heterocycles. The molecule has 0 aliphatic rings. The van der Waals surface area contributed by atoms with Crippen LogP contribution in [0, 0.1) is 0 Å². The second-order valence-electron chi connectivity index (χ2n) is 5.17. The van der Waals surface area contributed by atoms with E-state index in [0.717, 1.165) is 4.88 Å². The fourth-order valence-electron chi connectivity index (χ4n) is 1.37. The van der Waals surface area contributed by atoms with Gasteiger partial charge in [-0.1, -0.05) is 32.5 Å². The van der Waals surface area contributed by atoms with Gasteiger partial charge >= 0.3 is 5.97 Å². The molecule has 20 heavy (non-hydrogen) atoms. The van der Waals surface area contributed by atoms with Gasteiger partial charge in [0.15, 0.2) is 0 Å². The first-order valence-electron chi connectivity index (χ1n) is 6.04. The minimum Gasteiger partial charge on any atom is -0.465 e. The van der Waals surface area contributed by atoms with Crippen molar-refractivity contribution >= 4 is 29.1 Å². The first kappa shape index (κ1) is 15.1. The Balaban J connectivity index is 1.97. The molecule has 7 heteroatoms. The lowest BCUT2D eigenvalue weighted by Gasteiger charge is -2.10. The Hall–Kier alpha value is -1.34. The molecular formula is C13H16N2O3S2. The van der Waals surface area contributed by atoms with Gasteiger partial charge in [0, 0.05) is 16.0 Å². The SMILES string of the molecule is COC(=O)c1ccc(CSc2nnc(C(C)(C)C)o2)s1. The van der Waals surface area contributed by atoms with Gasteiger partial charge in [-0.15, -0.1) is 21.5 Å². The molecule has 0 unspecified atom stereocenters. The zero-order valence-corrected chi connectivity index (χ0v) is 13.4.